The van der Waals surface area contributed by atoms with Gasteiger partial charge in [0.25, 0.3) is 0 Å². The van der Waals surface area contributed by atoms with E-state index >= 15 is 4.39 Å². The zero-order chi connectivity index (χ0) is 30.2. The Morgan fingerprint density at radius 3 is 2.58 bits per heavy atom. The van der Waals surface area contributed by atoms with Crippen LogP contribution in [0.4, 0.5) is 20.9 Å². The molecule has 2 saturated heterocycles. The molecule has 43 heavy (non-hydrogen) atoms. The molecule has 0 atom stereocenters. The molecule has 5 heterocycles. The molecule has 10 nitrogen and oxygen atoms in total. The van der Waals surface area contributed by atoms with Crippen LogP contribution in [0.2, 0.25) is 0 Å². The number of amides is 1. The lowest BCUT2D eigenvalue weighted by Crippen LogP contribution is -2.56. The molecular formula is C31H35FN8O2S. The third-order valence-corrected chi connectivity index (χ3v) is 9.42. The number of aliphatic hydroxyl groups is 1. The minimum absolute atomic E-state index is 0.0806. The van der Waals surface area contributed by atoms with E-state index in [4.69, 9.17) is 10.1 Å². The molecule has 4 aromatic rings. The van der Waals surface area contributed by atoms with E-state index in [2.05, 4.69) is 11.0 Å². The third-order valence-electron chi connectivity index (χ3n) is 8.38. The molecule has 2 fully saturated rings. The van der Waals surface area contributed by atoms with E-state index in [0.29, 0.717) is 73.6 Å². The first-order valence-corrected chi connectivity index (χ1v) is 15.4. The maximum Gasteiger partial charge on any atom is 0.236 e. The average Bonchev–Trinajstić information content (AvgIpc) is 3.58. The highest BCUT2D eigenvalue weighted by molar-refractivity contribution is 7.16. The van der Waals surface area contributed by atoms with Crippen molar-refractivity contribution in [3.05, 3.63) is 58.5 Å². The Kier molecular flexibility index (Phi) is 8.05. The van der Waals surface area contributed by atoms with Crippen molar-refractivity contribution in [2.45, 2.75) is 20.3 Å². The average molecular weight is 603 g/mol. The second kappa shape index (κ2) is 11.9. The number of thiazole rings is 1. The summed E-state index contributed by atoms with van der Waals surface area (Å²) in [4.78, 5) is 25.9. The van der Waals surface area contributed by atoms with Crippen molar-refractivity contribution in [2.75, 3.05) is 69.3 Å². The van der Waals surface area contributed by atoms with Gasteiger partial charge in [0, 0.05) is 64.4 Å². The van der Waals surface area contributed by atoms with Crippen LogP contribution in [-0.2, 0) is 11.2 Å². The molecule has 2 aliphatic heterocycles. The topological polar surface area (TPSA) is 104 Å². The van der Waals surface area contributed by atoms with Gasteiger partial charge >= 0.3 is 0 Å². The Labute approximate surface area is 254 Å². The summed E-state index contributed by atoms with van der Waals surface area (Å²) in [6.45, 7) is 8.22. The Hall–Kier alpha value is -4.05. The molecule has 12 heteroatoms. The molecule has 1 aromatic carbocycles. The first-order valence-electron chi connectivity index (χ1n) is 14.6. The lowest BCUT2D eigenvalue weighted by molar-refractivity contribution is -0.139. The summed E-state index contributed by atoms with van der Waals surface area (Å²) in [5.74, 6) is -0.0784. The summed E-state index contributed by atoms with van der Waals surface area (Å²) < 4.78 is 17.1. The monoisotopic (exact) mass is 602 g/mol. The summed E-state index contributed by atoms with van der Waals surface area (Å²) >= 11 is 1.33. The minimum Gasteiger partial charge on any atom is -0.396 e. The molecule has 0 saturated carbocycles. The Bertz CT molecular complexity index is 1680. The van der Waals surface area contributed by atoms with E-state index in [9.17, 15) is 15.2 Å². The van der Waals surface area contributed by atoms with Gasteiger partial charge < -0.3 is 19.8 Å². The highest BCUT2D eigenvalue weighted by atomic mass is 32.1. The van der Waals surface area contributed by atoms with Crippen LogP contribution in [-0.4, -0.2) is 94.9 Å². The zero-order valence-corrected chi connectivity index (χ0v) is 25.4. The normalized spacial score (nSPS) is 16.0. The molecule has 0 spiro atoms. The van der Waals surface area contributed by atoms with Crippen molar-refractivity contribution >= 4 is 39.3 Å². The predicted molar refractivity (Wildman–Crippen MR) is 165 cm³/mol. The van der Waals surface area contributed by atoms with E-state index in [1.54, 1.807) is 9.42 Å². The number of piperazine rings is 1. The van der Waals surface area contributed by atoms with Gasteiger partial charge in [-0.05, 0) is 19.4 Å². The number of benzene rings is 1. The SMILES string of the molecule is CCc1nn2cc(F)c(N3CCN(CC(=O)N4CC(CO)C4)CC3)cc2c1N(C)c1nc(-c2ccc(C)cc2)c(C#N)s1. The van der Waals surface area contributed by atoms with Crippen LogP contribution in [0.3, 0.4) is 0 Å². The van der Waals surface area contributed by atoms with Crippen molar-refractivity contribution in [3.63, 3.8) is 0 Å². The molecule has 0 unspecified atom stereocenters. The Morgan fingerprint density at radius 2 is 1.93 bits per heavy atom. The number of nitriles is 1. The number of carbonyl (C=O) groups excluding carboxylic acids is 1. The summed E-state index contributed by atoms with van der Waals surface area (Å²) in [5.41, 5.74) is 5.57. The first kappa shape index (κ1) is 29.0. The number of carbonyl (C=O) groups is 1. The first-order chi connectivity index (χ1) is 20.8. The predicted octanol–water partition coefficient (Wildman–Crippen LogP) is 3.68. The van der Waals surface area contributed by atoms with E-state index in [0.717, 1.165) is 28.0 Å². The van der Waals surface area contributed by atoms with Crippen molar-refractivity contribution in [1.29, 1.82) is 5.26 Å². The number of fused-ring (bicyclic) bond motifs is 1. The second-order valence-electron chi connectivity index (χ2n) is 11.3. The van der Waals surface area contributed by atoms with Crippen molar-refractivity contribution in [3.8, 4) is 17.3 Å². The zero-order valence-electron chi connectivity index (χ0n) is 24.6. The number of aryl methyl sites for hydroxylation is 2. The Morgan fingerprint density at radius 1 is 1.21 bits per heavy atom. The van der Waals surface area contributed by atoms with Gasteiger partial charge in [0.1, 0.15) is 16.6 Å². The largest absolute Gasteiger partial charge is 0.396 e. The number of rotatable bonds is 8. The van der Waals surface area contributed by atoms with Gasteiger partial charge in [-0.2, -0.15) is 10.4 Å². The van der Waals surface area contributed by atoms with E-state index in [-0.39, 0.29) is 24.2 Å². The lowest BCUT2D eigenvalue weighted by Gasteiger charge is -2.41. The number of aromatic nitrogens is 3. The van der Waals surface area contributed by atoms with Gasteiger partial charge in [0.15, 0.2) is 10.9 Å². The molecule has 224 valence electrons. The number of halogens is 1. The van der Waals surface area contributed by atoms with Crippen LogP contribution in [0.5, 0.6) is 0 Å². The van der Waals surface area contributed by atoms with Gasteiger partial charge in [-0.15, -0.1) is 0 Å². The lowest BCUT2D eigenvalue weighted by atomic mass is 10.0. The number of hydrogen-bond donors (Lipinski definition) is 1. The quantitative estimate of drug-likeness (QED) is 0.326. The maximum atomic E-state index is 15.5. The van der Waals surface area contributed by atoms with Gasteiger partial charge in [-0.1, -0.05) is 48.1 Å². The molecular weight excluding hydrogens is 567 g/mol. The number of anilines is 3. The highest BCUT2D eigenvalue weighted by Gasteiger charge is 2.32. The van der Waals surface area contributed by atoms with Gasteiger partial charge in [0.05, 0.1) is 35.3 Å². The molecule has 1 N–H and O–H groups in total. The van der Waals surface area contributed by atoms with Crippen LogP contribution in [0.15, 0.2) is 36.5 Å². The highest BCUT2D eigenvalue weighted by Crippen LogP contribution is 2.39. The van der Waals surface area contributed by atoms with Gasteiger partial charge in [-0.25, -0.2) is 13.9 Å². The third kappa shape index (κ3) is 5.56. The van der Waals surface area contributed by atoms with Gasteiger partial charge in [-0.3, -0.25) is 9.69 Å². The fourth-order valence-electron chi connectivity index (χ4n) is 5.80. The second-order valence-corrected chi connectivity index (χ2v) is 12.3. The molecule has 0 radical (unpaired) electrons. The fraction of sp³-hybridized carbons (Fsp3) is 0.419. The van der Waals surface area contributed by atoms with Crippen LogP contribution >= 0.6 is 11.3 Å². The van der Waals surface area contributed by atoms with E-state index in [1.807, 2.05) is 61.0 Å². The number of nitrogens with zero attached hydrogens (tertiary/aromatic N) is 8. The Balaban J connectivity index is 1.24. The number of aliphatic hydroxyl groups excluding tert-OH is 1. The van der Waals surface area contributed by atoms with Crippen LogP contribution in [0, 0.1) is 30.0 Å². The molecule has 3 aromatic heterocycles. The van der Waals surface area contributed by atoms with Gasteiger partial charge in [0.2, 0.25) is 5.91 Å². The van der Waals surface area contributed by atoms with Crippen LogP contribution in [0.1, 0.15) is 23.1 Å². The molecule has 1 amide bonds. The smallest absolute Gasteiger partial charge is 0.236 e. The number of likely N-dealkylation sites (tertiary alicyclic amines) is 1. The van der Waals surface area contributed by atoms with Crippen LogP contribution < -0.4 is 9.80 Å². The summed E-state index contributed by atoms with van der Waals surface area (Å²) in [5, 5.41) is 24.4. The summed E-state index contributed by atoms with van der Waals surface area (Å²) in [6, 6.07) is 12.1. The van der Waals surface area contributed by atoms with E-state index < -0.39 is 0 Å². The standard InChI is InChI=1S/C31H35FN8O2S/c1-4-24-30(36(3)31-34-29(27(14-33)43-31)22-7-5-20(2)6-8-22)26-13-25(23(32)17-40(26)35-24)38-11-9-37(10-12-38)18-28(42)39-15-21(16-39)19-41/h5-8,13,17,21,41H,4,9-12,15-16,18-19H2,1-3H3. The molecule has 0 bridgehead atoms. The number of hydrogen-bond acceptors (Lipinski definition) is 9. The fourth-order valence-corrected chi connectivity index (χ4v) is 6.65. The summed E-state index contributed by atoms with van der Waals surface area (Å²) in [6.07, 6.45) is 2.07. The summed E-state index contributed by atoms with van der Waals surface area (Å²) in [7, 11) is 1.91. The van der Waals surface area contributed by atoms with Crippen molar-refractivity contribution in [1.82, 2.24) is 24.4 Å². The van der Waals surface area contributed by atoms with Crippen LogP contribution in [0.25, 0.3) is 16.8 Å². The number of pyridine rings is 1. The molecule has 2 aliphatic rings. The maximum absolute atomic E-state index is 15.5. The molecule has 6 rings (SSSR count). The van der Waals surface area contributed by atoms with Crippen molar-refractivity contribution in [2.24, 2.45) is 5.92 Å². The minimum atomic E-state index is -0.352. The molecule has 0 aliphatic carbocycles. The van der Waals surface area contributed by atoms with Crippen molar-refractivity contribution < 1.29 is 14.3 Å². The van der Waals surface area contributed by atoms with E-state index in [1.165, 1.54) is 17.5 Å².